The van der Waals surface area contributed by atoms with Crippen molar-refractivity contribution in [3.05, 3.63) is 83.9 Å². The second kappa shape index (κ2) is 8.43. The standard InChI is InChI=1S/C24H24N2O4S/c1-3-30-21-11-9-18(10-12-21)24(27)26-17(2)15-19-16-22(13-14-23(19)26)31(28,29)25-20-7-5-4-6-8-20/h4-14,16-17,25H,3,15H2,1-2H3/t17-/m0/s1. The molecule has 6 nitrogen and oxygen atoms in total. The number of carbonyl (C=O) groups excluding carboxylic acids is 1. The van der Waals surface area contributed by atoms with Gasteiger partial charge in [0.1, 0.15) is 5.75 Å². The van der Waals surface area contributed by atoms with Gasteiger partial charge >= 0.3 is 0 Å². The lowest BCUT2D eigenvalue weighted by Crippen LogP contribution is -2.35. The predicted octanol–water partition coefficient (Wildman–Crippen LogP) is 4.48. The number of nitrogens with one attached hydrogen (secondary N) is 1. The minimum Gasteiger partial charge on any atom is -0.494 e. The van der Waals surface area contributed by atoms with Crippen molar-refractivity contribution in [1.82, 2.24) is 0 Å². The van der Waals surface area contributed by atoms with E-state index in [0.717, 1.165) is 17.0 Å². The van der Waals surface area contributed by atoms with Crippen LogP contribution in [0.25, 0.3) is 0 Å². The molecule has 3 aromatic carbocycles. The van der Waals surface area contributed by atoms with E-state index >= 15 is 0 Å². The van der Waals surface area contributed by atoms with E-state index < -0.39 is 10.0 Å². The van der Waals surface area contributed by atoms with Crippen LogP contribution in [0.5, 0.6) is 5.75 Å². The van der Waals surface area contributed by atoms with Crippen LogP contribution >= 0.6 is 0 Å². The molecule has 3 aromatic rings. The summed E-state index contributed by atoms with van der Waals surface area (Å²) < 4.78 is 33.6. The number of fused-ring (bicyclic) bond motifs is 1. The molecule has 0 radical (unpaired) electrons. The van der Waals surface area contributed by atoms with Crippen molar-refractivity contribution in [2.24, 2.45) is 0 Å². The molecule has 1 amide bonds. The molecule has 0 spiro atoms. The van der Waals surface area contributed by atoms with E-state index in [1.165, 1.54) is 0 Å². The average Bonchev–Trinajstić information content (AvgIpc) is 3.09. The van der Waals surface area contributed by atoms with Crippen LogP contribution in [0.1, 0.15) is 29.8 Å². The third-order valence-corrected chi connectivity index (χ3v) is 6.61. The maximum absolute atomic E-state index is 13.2. The topological polar surface area (TPSA) is 75.7 Å². The highest BCUT2D eigenvalue weighted by Gasteiger charge is 2.32. The van der Waals surface area contributed by atoms with E-state index in [4.69, 9.17) is 4.74 Å². The SMILES string of the molecule is CCOc1ccc(C(=O)N2c3ccc(S(=O)(=O)Nc4ccccc4)cc3C[C@@H]2C)cc1. The zero-order chi connectivity index (χ0) is 22.0. The molecule has 0 bridgehead atoms. The molecule has 1 aliphatic heterocycles. The summed E-state index contributed by atoms with van der Waals surface area (Å²) in [7, 11) is -3.72. The van der Waals surface area contributed by atoms with E-state index in [1.807, 2.05) is 19.9 Å². The van der Waals surface area contributed by atoms with Crippen molar-refractivity contribution >= 4 is 27.3 Å². The number of nitrogens with zero attached hydrogens (tertiary/aromatic N) is 1. The predicted molar refractivity (Wildman–Crippen MR) is 121 cm³/mol. The number of anilines is 2. The highest BCUT2D eigenvalue weighted by atomic mass is 32.2. The molecule has 160 valence electrons. The Balaban J connectivity index is 1.59. The zero-order valence-corrected chi connectivity index (χ0v) is 18.2. The summed E-state index contributed by atoms with van der Waals surface area (Å²) in [6, 6.07) is 20.7. The molecule has 1 N–H and O–H groups in total. The lowest BCUT2D eigenvalue weighted by atomic mass is 10.1. The third kappa shape index (κ3) is 4.27. The van der Waals surface area contributed by atoms with Crippen LogP contribution < -0.4 is 14.4 Å². The van der Waals surface area contributed by atoms with Crippen molar-refractivity contribution in [3.8, 4) is 5.75 Å². The normalized spacial score (nSPS) is 15.4. The molecule has 0 saturated heterocycles. The first-order chi connectivity index (χ1) is 14.9. The Hall–Kier alpha value is -3.32. The number of hydrogen-bond donors (Lipinski definition) is 1. The molecule has 4 rings (SSSR count). The summed E-state index contributed by atoms with van der Waals surface area (Å²) in [4.78, 5) is 15.1. The summed E-state index contributed by atoms with van der Waals surface area (Å²) in [5.74, 6) is 0.599. The van der Waals surface area contributed by atoms with Crippen molar-refractivity contribution < 1.29 is 17.9 Å². The first-order valence-corrected chi connectivity index (χ1v) is 11.6. The van der Waals surface area contributed by atoms with E-state index in [2.05, 4.69) is 4.72 Å². The van der Waals surface area contributed by atoms with Gasteiger partial charge in [-0.3, -0.25) is 9.52 Å². The maximum atomic E-state index is 13.2. The summed E-state index contributed by atoms with van der Waals surface area (Å²) >= 11 is 0. The van der Waals surface area contributed by atoms with Gasteiger partial charge in [0, 0.05) is 23.0 Å². The van der Waals surface area contributed by atoms with Crippen LogP contribution in [0, 0.1) is 0 Å². The Morgan fingerprint density at radius 3 is 2.45 bits per heavy atom. The third-order valence-electron chi connectivity index (χ3n) is 5.23. The first kappa shape index (κ1) is 20.9. The number of carbonyl (C=O) groups is 1. The highest BCUT2D eigenvalue weighted by molar-refractivity contribution is 7.92. The zero-order valence-electron chi connectivity index (χ0n) is 17.4. The van der Waals surface area contributed by atoms with Crippen LogP contribution in [-0.2, 0) is 16.4 Å². The number of rotatable bonds is 6. The van der Waals surface area contributed by atoms with Gasteiger partial charge in [-0.15, -0.1) is 0 Å². The molecule has 0 saturated carbocycles. The van der Waals surface area contributed by atoms with Crippen LogP contribution in [0.2, 0.25) is 0 Å². The Bertz CT molecular complexity index is 1190. The Morgan fingerprint density at radius 1 is 1.06 bits per heavy atom. The smallest absolute Gasteiger partial charge is 0.261 e. The summed E-state index contributed by atoms with van der Waals surface area (Å²) in [5, 5.41) is 0. The fourth-order valence-corrected chi connectivity index (χ4v) is 4.91. The molecule has 0 aliphatic carbocycles. The Morgan fingerprint density at radius 2 is 1.77 bits per heavy atom. The van der Waals surface area contributed by atoms with Crippen molar-refractivity contribution in [1.29, 1.82) is 0 Å². The van der Waals surface area contributed by atoms with Gasteiger partial charge < -0.3 is 9.64 Å². The second-order valence-corrected chi connectivity index (χ2v) is 9.13. The van der Waals surface area contributed by atoms with E-state index in [9.17, 15) is 13.2 Å². The first-order valence-electron chi connectivity index (χ1n) is 10.2. The van der Waals surface area contributed by atoms with Gasteiger partial charge in [0.25, 0.3) is 15.9 Å². The van der Waals surface area contributed by atoms with Crippen molar-refractivity contribution in [2.75, 3.05) is 16.2 Å². The molecule has 1 atom stereocenters. The molecular formula is C24H24N2O4S. The molecule has 0 unspecified atom stereocenters. The molecule has 7 heteroatoms. The number of sulfonamides is 1. The quantitative estimate of drug-likeness (QED) is 0.618. The Kier molecular flexibility index (Phi) is 5.69. The van der Waals surface area contributed by atoms with Crippen LogP contribution in [0.4, 0.5) is 11.4 Å². The van der Waals surface area contributed by atoms with E-state index in [1.54, 1.807) is 71.6 Å². The molecule has 0 aromatic heterocycles. The fraction of sp³-hybridized carbons (Fsp3) is 0.208. The minimum absolute atomic E-state index is 0.0749. The molecule has 1 heterocycles. The van der Waals surface area contributed by atoms with Gasteiger partial charge in [-0.05, 0) is 80.4 Å². The van der Waals surface area contributed by atoms with Gasteiger partial charge in [-0.25, -0.2) is 8.42 Å². The van der Waals surface area contributed by atoms with Crippen LogP contribution in [-0.4, -0.2) is 27.0 Å². The summed E-state index contributed by atoms with van der Waals surface area (Å²) in [6.45, 7) is 4.43. The van der Waals surface area contributed by atoms with Gasteiger partial charge in [-0.1, -0.05) is 18.2 Å². The number of hydrogen-bond acceptors (Lipinski definition) is 4. The number of para-hydroxylation sites is 1. The molecular weight excluding hydrogens is 412 g/mol. The van der Waals surface area contributed by atoms with Crippen LogP contribution in [0.3, 0.4) is 0 Å². The lowest BCUT2D eigenvalue weighted by Gasteiger charge is -2.23. The molecule has 31 heavy (non-hydrogen) atoms. The molecule has 1 aliphatic rings. The maximum Gasteiger partial charge on any atom is 0.261 e. The summed E-state index contributed by atoms with van der Waals surface area (Å²) in [5.41, 5.74) is 2.64. The van der Waals surface area contributed by atoms with Gasteiger partial charge in [0.05, 0.1) is 11.5 Å². The van der Waals surface area contributed by atoms with Gasteiger partial charge in [0.15, 0.2) is 0 Å². The van der Waals surface area contributed by atoms with Crippen LogP contribution in [0.15, 0.2) is 77.7 Å². The van der Waals surface area contributed by atoms with Gasteiger partial charge in [-0.2, -0.15) is 0 Å². The average molecular weight is 437 g/mol. The fourth-order valence-electron chi connectivity index (χ4n) is 3.80. The van der Waals surface area contributed by atoms with Gasteiger partial charge in [0.2, 0.25) is 0 Å². The van der Waals surface area contributed by atoms with E-state index in [0.29, 0.717) is 24.3 Å². The number of benzene rings is 3. The number of amides is 1. The summed E-state index contributed by atoms with van der Waals surface area (Å²) in [6.07, 6.45) is 0.590. The Labute approximate surface area is 182 Å². The monoisotopic (exact) mass is 436 g/mol. The second-order valence-electron chi connectivity index (χ2n) is 7.45. The lowest BCUT2D eigenvalue weighted by molar-refractivity contribution is 0.0981. The largest absolute Gasteiger partial charge is 0.494 e. The van der Waals surface area contributed by atoms with E-state index in [-0.39, 0.29) is 16.8 Å². The number of ether oxygens (including phenoxy) is 1. The van der Waals surface area contributed by atoms with Crippen molar-refractivity contribution in [3.63, 3.8) is 0 Å². The molecule has 0 fully saturated rings. The highest BCUT2D eigenvalue weighted by Crippen LogP contribution is 2.35. The van der Waals surface area contributed by atoms with Crippen molar-refractivity contribution in [2.45, 2.75) is 31.2 Å². The minimum atomic E-state index is -3.72.